The Morgan fingerprint density at radius 2 is 2.18 bits per heavy atom. The van der Waals surface area contributed by atoms with Crippen LogP contribution in [0.1, 0.15) is 37.5 Å². The molecule has 3 rings (SSSR count). The second-order valence-corrected chi connectivity index (χ2v) is 7.35. The highest BCUT2D eigenvalue weighted by Crippen LogP contribution is 2.21. The Kier molecular flexibility index (Phi) is 6.79. The summed E-state index contributed by atoms with van der Waals surface area (Å²) in [6.45, 7) is 8.82. The molecule has 154 valence electrons. The van der Waals surface area contributed by atoms with Gasteiger partial charge in [-0.1, -0.05) is 0 Å². The Bertz CT molecular complexity index is 832. The lowest BCUT2D eigenvalue weighted by Crippen LogP contribution is -2.41. The molecule has 2 aromatic rings. The lowest BCUT2D eigenvalue weighted by molar-refractivity contribution is 0.155. The van der Waals surface area contributed by atoms with Crippen molar-refractivity contribution in [2.24, 2.45) is 0 Å². The smallest absolute Gasteiger partial charge is 0.269 e. The largest absolute Gasteiger partial charge is 0.383 e. The molecule has 0 N–H and O–H groups in total. The molecule has 2 aromatic heterocycles. The van der Waals surface area contributed by atoms with Gasteiger partial charge in [0.15, 0.2) is 0 Å². The maximum Gasteiger partial charge on any atom is 0.269 e. The molecule has 0 radical (unpaired) electrons. The molecular formula is C19H31N7O2. The summed E-state index contributed by atoms with van der Waals surface area (Å²) in [6, 6.07) is 1.75. The van der Waals surface area contributed by atoms with Crippen LogP contribution in [0.2, 0.25) is 0 Å². The number of methoxy groups -OCH3 is 1. The van der Waals surface area contributed by atoms with E-state index in [1.165, 1.54) is 0 Å². The van der Waals surface area contributed by atoms with Crippen LogP contribution in [0.15, 0.2) is 17.1 Å². The normalized spacial score (nSPS) is 17.8. The summed E-state index contributed by atoms with van der Waals surface area (Å²) < 4.78 is 8.87. The second-order valence-electron chi connectivity index (χ2n) is 7.35. The van der Waals surface area contributed by atoms with Gasteiger partial charge in [-0.3, -0.25) is 9.69 Å². The zero-order valence-corrected chi connectivity index (χ0v) is 17.3. The molecule has 0 unspecified atom stereocenters. The number of nitrogens with zero attached hydrogens (tertiary/aromatic N) is 7. The van der Waals surface area contributed by atoms with Crippen LogP contribution in [0, 0.1) is 6.92 Å². The first kappa shape index (κ1) is 20.5. The standard InChI is InChI=1S/C19H31N7O2/c1-5-25-15(2)21-22-18(25)14-24-8-6-7-16(13-24)26-19(27)11-17(12-20-26)23(3)9-10-28-4/h11-12,16H,5-10,13-14H2,1-4H3/t16-/m0/s1. The number of likely N-dealkylation sites (N-methyl/N-ethyl adjacent to an activating group) is 1. The molecule has 9 heteroatoms. The molecule has 9 nitrogen and oxygen atoms in total. The molecule has 1 aliphatic rings. The predicted molar refractivity (Wildman–Crippen MR) is 108 cm³/mol. The topological polar surface area (TPSA) is 81.3 Å². The van der Waals surface area contributed by atoms with Crippen molar-refractivity contribution in [3.63, 3.8) is 0 Å². The lowest BCUT2D eigenvalue weighted by atomic mass is 10.1. The van der Waals surface area contributed by atoms with Crippen molar-refractivity contribution in [2.45, 2.75) is 45.8 Å². The van der Waals surface area contributed by atoms with Crippen LogP contribution in [0.5, 0.6) is 0 Å². The van der Waals surface area contributed by atoms with E-state index in [0.29, 0.717) is 6.61 Å². The van der Waals surface area contributed by atoms with Gasteiger partial charge < -0.3 is 14.2 Å². The number of aromatic nitrogens is 5. The van der Waals surface area contributed by atoms with E-state index in [2.05, 4.69) is 31.7 Å². The summed E-state index contributed by atoms with van der Waals surface area (Å²) in [6.07, 6.45) is 3.77. The molecule has 1 aliphatic heterocycles. The van der Waals surface area contributed by atoms with Crippen LogP contribution in [0.4, 0.5) is 5.69 Å². The highest BCUT2D eigenvalue weighted by atomic mass is 16.5. The monoisotopic (exact) mass is 389 g/mol. The van der Waals surface area contributed by atoms with Gasteiger partial charge in [-0.25, -0.2) is 4.68 Å². The van der Waals surface area contributed by atoms with Gasteiger partial charge >= 0.3 is 0 Å². The van der Waals surface area contributed by atoms with Crippen LogP contribution in [0.25, 0.3) is 0 Å². The van der Waals surface area contributed by atoms with Crippen molar-refractivity contribution in [1.29, 1.82) is 0 Å². The molecule has 28 heavy (non-hydrogen) atoms. The number of aryl methyl sites for hydroxylation is 1. The summed E-state index contributed by atoms with van der Waals surface area (Å²) in [5.41, 5.74) is 0.763. The van der Waals surface area contributed by atoms with E-state index in [1.807, 2.05) is 18.9 Å². The number of rotatable bonds is 8. The van der Waals surface area contributed by atoms with Crippen molar-refractivity contribution in [1.82, 2.24) is 29.4 Å². The number of piperidine rings is 1. The summed E-state index contributed by atoms with van der Waals surface area (Å²) in [7, 11) is 3.61. The number of likely N-dealkylation sites (tertiary alicyclic amines) is 1. The van der Waals surface area contributed by atoms with Crippen molar-refractivity contribution in [3.8, 4) is 0 Å². The van der Waals surface area contributed by atoms with E-state index in [0.717, 1.165) is 62.9 Å². The van der Waals surface area contributed by atoms with E-state index in [-0.39, 0.29) is 11.6 Å². The first-order chi connectivity index (χ1) is 13.5. The van der Waals surface area contributed by atoms with Crippen molar-refractivity contribution in [2.75, 3.05) is 45.3 Å². The average Bonchev–Trinajstić information content (AvgIpc) is 3.05. The molecule has 0 amide bonds. The molecule has 3 heterocycles. The fraction of sp³-hybridized carbons (Fsp3) is 0.684. The Morgan fingerprint density at radius 1 is 1.36 bits per heavy atom. The SMILES string of the molecule is CCn1c(C)nnc1CN1CCC[C@H](n2ncc(N(C)CCOC)cc2=O)C1. The number of hydrogen-bond donors (Lipinski definition) is 0. The van der Waals surface area contributed by atoms with Crippen LogP contribution in [0.3, 0.4) is 0 Å². The minimum Gasteiger partial charge on any atom is -0.383 e. The van der Waals surface area contributed by atoms with Gasteiger partial charge in [0.1, 0.15) is 11.6 Å². The van der Waals surface area contributed by atoms with Gasteiger partial charge in [0, 0.05) is 39.9 Å². The van der Waals surface area contributed by atoms with E-state index < -0.39 is 0 Å². The third-order valence-electron chi connectivity index (χ3n) is 5.40. The fourth-order valence-corrected chi connectivity index (χ4v) is 3.78. The van der Waals surface area contributed by atoms with E-state index >= 15 is 0 Å². The zero-order valence-electron chi connectivity index (χ0n) is 17.3. The zero-order chi connectivity index (χ0) is 20.1. The molecule has 1 atom stereocenters. The molecule has 0 aliphatic carbocycles. The van der Waals surface area contributed by atoms with E-state index in [9.17, 15) is 4.79 Å². The number of hydrogen-bond acceptors (Lipinski definition) is 7. The molecule has 0 bridgehead atoms. The van der Waals surface area contributed by atoms with Gasteiger partial charge in [0.05, 0.1) is 31.1 Å². The second kappa shape index (κ2) is 9.29. The highest BCUT2D eigenvalue weighted by molar-refractivity contribution is 5.41. The Hall–Kier alpha value is -2.26. The maximum absolute atomic E-state index is 12.7. The van der Waals surface area contributed by atoms with Crippen LogP contribution >= 0.6 is 0 Å². The van der Waals surface area contributed by atoms with Gasteiger partial charge in [-0.15, -0.1) is 10.2 Å². The third-order valence-corrected chi connectivity index (χ3v) is 5.40. The fourth-order valence-electron chi connectivity index (χ4n) is 3.78. The average molecular weight is 390 g/mol. The molecule has 1 fully saturated rings. The van der Waals surface area contributed by atoms with Crippen molar-refractivity contribution < 1.29 is 4.74 Å². The Balaban J connectivity index is 1.69. The minimum atomic E-state index is -0.0545. The quantitative estimate of drug-likeness (QED) is 0.668. The first-order valence-electron chi connectivity index (χ1n) is 9.93. The van der Waals surface area contributed by atoms with Gasteiger partial charge in [-0.05, 0) is 33.2 Å². The van der Waals surface area contributed by atoms with Gasteiger partial charge in [0.25, 0.3) is 5.56 Å². The molecule has 0 saturated carbocycles. The summed E-state index contributed by atoms with van der Waals surface area (Å²) in [5, 5.41) is 13.0. The predicted octanol–water partition coefficient (Wildman–Crippen LogP) is 1.08. The molecular weight excluding hydrogens is 358 g/mol. The van der Waals surface area contributed by atoms with Gasteiger partial charge in [0.2, 0.25) is 0 Å². The Labute approximate surface area is 165 Å². The summed E-state index contributed by atoms with van der Waals surface area (Å²) in [4.78, 5) is 17.0. The van der Waals surface area contributed by atoms with Crippen molar-refractivity contribution in [3.05, 3.63) is 34.3 Å². The third kappa shape index (κ3) is 4.59. The summed E-state index contributed by atoms with van der Waals surface area (Å²) >= 11 is 0. The van der Waals surface area contributed by atoms with E-state index in [1.54, 1.807) is 24.1 Å². The molecule has 0 spiro atoms. The maximum atomic E-state index is 12.7. The Morgan fingerprint density at radius 3 is 2.89 bits per heavy atom. The lowest BCUT2D eigenvalue weighted by Gasteiger charge is -2.32. The van der Waals surface area contributed by atoms with Crippen LogP contribution < -0.4 is 10.5 Å². The summed E-state index contributed by atoms with van der Waals surface area (Å²) in [5.74, 6) is 1.92. The van der Waals surface area contributed by atoms with Crippen molar-refractivity contribution >= 4 is 5.69 Å². The highest BCUT2D eigenvalue weighted by Gasteiger charge is 2.24. The number of ether oxygens (including phenoxy) is 1. The van der Waals surface area contributed by atoms with Crippen LogP contribution in [-0.2, 0) is 17.8 Å². The molecule has 0 aromatic carbocycles. The van der Waals surface area contributed by atoms with Crippen LogP contribution in [-0.4, -0.2) is 69.8 Å². The molecule has 1 saturated heterocycles. The minimum absolute atomic E-state index is 0.0545. The van der Waals surface area contributed by atoms with Gasteiger partial charge in [-0.2, -0.15) is 5.10 Å². The number of anilines is 1. The first-order valence-corrected chi connectivity index (χ1v) is 9.93. The van der Waals surface area contributed by atoms with E-state index in [4.69, 9.17) is 4.74 Å².